The second-order valence-electron chi connectivity index (χ2n) is 18.6. The highest BCUT2D eigenvalue weighted by molar-refractivity contribution is 5.72. The first-order chi connectivity index (χ1) is 29.7. The van der Waals surface area contributed by atoms with E-state index in [-0.39, 0.29) is 50.2 Å². The van der Waals surface area contributed by atoms with Crippen LogP contribution < -0.4 is 0 Å². The van der Waals surface area contributed by atoms with E-state index in [1.807, 2.05) is 59.2 Å². The summed E-state index contributed by atoms with van der Waals surface area (Å²) in [6.07, 6.45) is -2.11. The molecule has 3 N–H and O–H groups in total. The maximum absolute atomic E-state index is 13.6. The van der Waals surface area contributed by atoms with Crippen molar-refractivity contribution in [2.24, 2.45) is 11.8 Å². The number of aliphatic hydroxyl groups is 3. The van der Waals surface area contributed by atoms with Gasteiger partial charge in [0.15, 0.2) is 18.9 Å². The van der Waals surface area contributed by atoms with Crippen LogP contribution in [0.4, 0.5) is 0 Å². The molecule has 0 aromatic rings. The summed E-state index contributed by atoms with van der Waals surface area (Å²) in [4.78, 5) is 43.0. The first-order valence-electron chi connectivity index (χ1n) is 22.9. The number of ether oxygens (including phenoxy) is 9. The van der Waals surface area contributed by atoms with E-state index in [1.165, 1.54) is 6.92 Å². The van der Waals surface area contributed by atoms with Crippen molar-refractivity contribution in [3.63, 3.8) is 0 Å². The van der Waals surface area contributed by atoms with Crippen LogP contribution in [-0.2, 0) is 57.0 Å². The number of hydrogen-bond acceptors (Lipinski definition) is 17. The van der Waals surface area contributed by atoms with Crippen molar-refractivity contribution >= 4 is 18.4 Å². The maximum Gasteiger partial charge on any atom is 0.309 e. The van der Waals surface area contributed by atoms with Gasteiger partial charge in [-0.05, 0) is 94.4 Å². The summed E-state index contributed by atoms with van der Waals surface area (Å²) >= 11 is 0. The molecular formula is C46H78N2O15. The molecule has 0 unspecified atom stereocenters. The van der Waals surface area contributed by atoms with E-state index in [9.17, 15) is 29.7 Å². The fourth-order valence-corrected chi connectivity index (χ4v) is 9.45. The Bertz CT molecular complexity index is 1490. The van der Waals surface area contributed by atoms with E-state index in [2.05, 4.69) is 4.90 Å². The minimum Gasteiger partial charge on any atom is -0.462 e. The number of aliphatic hydroxyl groups excluding tert-OH is 2. The number of nitrogens with zero attached hydrogens (tertiary/aromatic N) is 2. The molecule has 3 saturated heterocycles. The lowest BCUT2D eigenvalue weighted by Gasteiger charge is -2.50. The Hall–Kier alpha value is -2.55. The van der Waals surface area contributed by atoms with E-state index in [4.69, 9.17) is 42.6 Å². The number of esters is 2. The number of carbonyl (C=O) groups is 3. The molecule has 0 aromatic carbocycles. The van der Waals surface area contributed by atoms with Gasteiger partial charge in [-0.2, -0.15) is 0 Å². The van der Waals surface area contributed by atoms with Crippen LogP contribution >= 0.6 is 0 Å². The van der Waals surface area contributed by atoms with Crippen molar-refractivity contribution in [2.45, 2.75) is 210 Å². The smallest absolute Gasteiger partial charge is 0.309 e. The summed E-state index contributed by atoms with van der Waals surface area (Å²) in [6, 6.07) is -0.516. The number of cyclic esters (lactones) is 1. The van der Waals surface area contributed by atoms with Gasteiger partial charge in [0.2, 0.25) is 0 Å². The Labute approximate surface area is 374 Å². The summed E-state index contributed by atoms with van der Waals surface area (Å²) in [6.45, 7) is 14.6. The summed E-state index contributed by atoms with van der Waals surface area (Å²) in [5.41, 5.74) is -1.49. The molecular weight excluding hydrogens is 821 g/mol. The standard InChI is InChI=1S/C46H78N2O15/c1-13-31-34(60-36(50)14-2)23-37(51)56-27(4)18-16-15-17-19-33(61-38-21-20-32(47(9)10)28(5)57-38)26(3)22-35(55-25-49)43(31)63-45-41(52)40(48(11)12)42(29(6)59-45)62-39-24-46(8,54)44(53)30(7)58-39/h15-17,19,25-35,38-45,52-54H,13-14,18,20-24H2,1-12H3/b16-15+,19-17+/t26-,27-,28-,29-,30+,31+,32+,33+,34-,35+,38+,39+,40-,41-,42-,43-,44+,45+,46-/m1/s1. The summed E-state index contributed by atoms with van der Waals surface area (Å²) in [5, 5.41) is 33.7. The van der Waals surface area contributed by atoms with Crippen molar-refractivity contribution < 1.29 is 72.3 Å². The molecule has 17 heteroatoms. The number of allylic oxidation sites excluding steroid dienone is 2. The highest BCUT2D eigenvalue weighted by Crippen LogP contribution is 2.38. The normalized spacial score (nSPS) is 43.5. The number of hydrogen-bond donors (Lipinski definition) is 3. The monoisotopic (exact) mass is 899 g/mol. The molecule has 0 bridgehead atoms. The summed E-state index contributed by atoms with van der Waals surface area (Å²) in [7, 11) is 7.62. The van der Waals surface area contributed by atoms with Gasteiger partial charge in [-0.1, -0.05) is 45.1 Å². The minimum absolute atomic E-state index is 0.0290. The largest absolute Gasteiger partial charge is 0.462 e. The Kier molecular flexibility index (Phi) is 20.5. The maximum atomic E-state index is 13.6. The molecule has 0 aromatic heterocycles. The first kappa shape index (κ1) is 53.1. The van der Waals surface area contributed by atoms with Gasteiger partial charge < -0.3 is 67.8 Å². The Morgan fingerprint density at radius 1 is 0.889 bits per heavy atom. The van der Waals surface area contributed by atoms with Crippen LogP contribution in [-0.4, -0.2) is 175 Å². The van der Waals surface area contributed by atoms with Crippen molar-refractivity contribution in [1.82, 2.24) is 9.80 Å². The average molecular weight is 899 g/mol. The van der Waals surface area contributed by atoms with E-state index in [0.29, 0.717) is 19.3 Å². The predicted molar refractivity (Wildman–Crippen MR) is 231 cm³/mol. The Morgan fingerprint density at radius 3 is 2.19 bits per heavy atom. The fraction of sp³-hybridized carbons (Fsp3) is 0.848. The van der Waals surface area contributed by atoms with Crippen molar-refractivity contribution in [3.8, 4) is 0 Å². The lowest BCUT2D eigenvalue weighted by molar-refractivity contribution is -0.343. The fourth-order valence-electron chi connectivity index (χ4n) is 9.45. The van der Waals surface area contributed by atoms with Crippen LogP contribution in [0.3, 0.4) is 0 Å². The SMILES string of the molecule is CCC(=O)O[C@@H]1CC(=O)O[C@H](C)C/C=C/C=C/[C@H](O[C@H]2CC[C@H](N(C)C)[C@@H](C)O2)[C@H](C)C[C@H](OC=O)[C@H](O[C@@H]2O[C@H](C)[C@@H](O[C@H]3C[C@@](C)(O)[C@@H](O)[C@H](C)O3)[C@H](N(C)C)[C@H]2O)[C@H]1CC. The van der Waals surface area contributed by atoms with Crippen molar-refractivity contribution in [3.05, 3.63) is 24.3 Å². The number of likely N-dealkylation sites (N-methyl/N-ethyl adjacent to an activating group) is 2. The van der Waals surface area contributed by atoms with Crippen LogP contribution in [0.5, 0.6) is 0 Å². The molecule has 0 aliphatic carbocycles. The quantitative estimate of drug-likeness (QED) is 0.137. The van der Waals surface area contributed by atoms with Crippen molar-refractivity contribution in [1.29, 1.82) is 0 Å². The van der Waals surface area contributed by atoms with Gasteiger partial charge in [-0.15, -0.1) is 0 Å². The van der Waals surface area contributed by atoms with E-state index in [0.717, 1.165) is 6.42 Å². The molecule has 4 heterocycles. The van der Waals surface area contributed by atoms with Gasteiger partial charge in [0.25, 0.3) is 6.47 Å². The third-order valence-electron chi connectivity index (χ3n) is 13.0. The molecule has 63 heavy (non-hydrogen) atoms. The molecule has 0 saturated carbocycles. The first-order valence-corrected chi connectivity index (χ1v) is 22.9. The Balaban J connectivity index is 1.74. The highest BCUT2D eigenvalue weighted by Gasteiger charge is 2.52. The molecule has 0 amide bonds. The zero-order valence-electron chi connectivity index (χ0n) is 39.6. The van der Waals surface area contributed by atoms with Gasteiger partial charge in [0.1, 0.15) is 42.7 Å². The second-order valence-corrected chi connectivity index (χ2v) is 18.6. The topological polar surface area (TPSA) is 201 Å². The third kappa shape index (κ3) is 14.5. The molecule has 17 nitrogen and oxygen atoms in total. The highest BCUT2D eigenvalue weighted by atomic mass is 16.7. The predicted octanol–water partition coefficient (Wildman–Crippen LogP) is 3.63. The molecule has 0 spiro atoms. The molecule has 4 aliphatic rings. The van der Waals surface area contributed by atoms with Gasteiger partial charge in [0.05, 0.1) is 42.5 Å². The van der Waals surface area contributed by atoms with Gasteiger partial charge in [0, 0.05) is 31.2 Å². The second kappa shape index (κ2) is 24.3. The lowest BCUT2D eigenvalue weighted by Crippen LogP contribution is -2.65. The molecule has 19 atom stereocenters. The van der Waals surface area contributed by atoms with E-state index < -0.39 is 109 Å². The Morgan fingerprint density at radius 2 is 1.59 bits per heavy atom. The van der Waals surface area contributed by atoms with Gasteiger partial charge in [-0.3, -0.25) is 14.4 Å². The van der Waals surface area contributed by atoms with Gasteiger partial charge >= 0.3 is 11.9 Å². The van der Waals surface area contributed by atoms with Crippen LogP contribution in [0.15, 0.2) is 24.3 Å². The molecule has 4 aliphatic heterocycles. The van der Waals surface area contributed by atoms with Crippen LogP contribution in [0.25, 0.3) is 0 Å². The van der Waals surface area contributed by atoms with Crippen LogP contribution in [0, 0.1) is 11.8 Å². The zero-order chi connectivity index (χ0) is 46.8. The average Bonchev–Trinajstić information content (AvgIpc) is 3.19. The van der Waals surface area contributed by atoms with E-state index in [1.54, 1.807) is 46.7 Å². The summed E-state index contributed by atoms with van der Waals surface area (Å²) < 4.78 is 56.5. The third-order valence-corrected chi connectivity index (χ3v) is 13.0. The van der Waals surface area contributed by atoms with Crippen LogP contribution in [0.1, 0.15) is 107 Å². The van der Waals surface area contributed by atoms with Crippen LogP contribution in [0.2, 0.25) is 0 Å². The van der Waals surface area contributed by atoms with Crippen molar-refractivity contribution in [2.75, 3.05) is 28.2 Å². The molecule has 0 radical (unpaired) electrons. The molecule has 4 rings (SSSR count). The number of carbonyl (C=O) groups excluding carboxylic acids is 3. The van der Waals surface area contributed by atoms with E-state index >= 15 is 0 Å². The molecule has 3 fully saturated rings. The lowest BCUT2D eigenvalue weighted by atomic mass is 9.83. The molecule has 362 valence electrons. The summed E-state index contributed by atoms with van der Waals surface area (Å²) in [5.74, 6) is -2.23. The zero-order valence-corrected chi connectivity index (χ0v) is 39.6. The minimum atomic E-state index is -1.49. The number of rotatable bonds is 13. The van der Waals surface area contributed by atoms with Gasteiger partial charge in [-0.25, -0.2) is 0 Å².